The normalized spacial score (nSPS) is 11.7. The van der Waals surface area contributed by atoms with Crippen LogP contribution >= 0.6 is 11.6 Å². The van der Waals surface area contributed by atoms with Crippen LogP contribution in [0, 0.1) is 13.8 Å². The van der Waals surface area contributed by atoms with Crippen molar-refractivity contribution in [2.45, 2.75) is 20.5 Å². The molecule has 0 aliphatic rings. The van der Waals surface area contributed by atoms with Crippen molar-refractivity contribution in [1.29, 1.82) is 0 Å². The van der Waals surface area contributed by atoms with Crippen molar-refractivity contribution in [3.8, 4) is 5.82 Å². The standard InChI is InChI=1S/C22H18ClN7O/c1-14-15(2)30(19-9-5-6-10-24-19)21-20(14)22-27-18(28-29(22)13-25-21)12-31-26-11-16-7-3-4-8-17(16)23/h3-11,13H,12H2,1-2H3/b26-11+. The molecule has 0 radical (unpaired) electrons. The summed E-state index contributed by atoms with van der Waals surface area (Å²) in [6.45, 7) is 4.23. The summed E-state index contributed by atoms with van der Waals surface area (Å²) in [6, 6.07) is 13.2. The van der Waals surface area contributed by atoms with Crippen LogP contribution in [0.15, 0.2) is 60.1 Å². The molecule has 0 N–H and O–H groups in total. The summed E-state index contributed by atoms with van der Waals surface area (Å²) in [4.78, 5) is 19.1. The fourth-order valence-electron chi connectivity index (χ4n) is 3.50. The lowest BCUT2D eigenvalue weighted by atomic mass is 10.2. The third-order valence-electron chi connectivity index (χ3n) is 5.12. The summed E-state index contributed by atoms with van der Waals surface area (Å²) in [7, 11) is 0. The van der Waals surface area contributed by atoms with Crippen molar-refractivity contribution in [1.82, 2.24) is 29.1 Å². The van der Waals surface area contributed by atoms with E-state index in [2.05, 4.69) is 32.1 Å². The van der Waals surface area contributed by atoms with Crippen LogP contribution in [0.2, 0.25) is 5.02 Å². The Morgan fingerprint density at radius 3 is 2.71 bits per heavy atom. The van der Waals surface area contributed by atoms with Crippen molar-refractivity contribution in [3.63, 3.8) is 0 Å². The Bertz CT molecular complexity index is 1420. The third kappa shape index (κ3) is 3.40. The molecule has 0 atom stereocenters. The minimum absolute atomic E-state index is 0.128. The Labute approximate surface area is 182 Å². The van der Waals surface area contributed by atoms with E-state index in [0.29, 0.717) is 16.5 Å². The molecule has 0 aliphatic carbocycles. The van der Waals surface area contributed by atoms with Gasteiger partial charge in [-0.2, -0.15) is 0 Å². The summed E-state index contributed by atoms with van der Waals surface area (Å²) in [5, 5.41) is 9.99. The molecule has 9 heteroatoms. The van der Waals surface area contributed by atoms with Crippen LogP contribution in [0.5, 0.6) is 0 Å². The molecule has 5 aromatic rings. The maximum atomic E-state index is 6.11. The van der Waals surface area contributed by atoms with Gasteiger partial charge >= 0.3 is 0 Å². The van der Waals surface area contributed by atoms with Crippen molar-refractivity contribution >= 4 is 34.5 Å². The molecular weight excluding hydrogens is 414 g/mol. The van der Waals surface area contributed by atoms with Gasteiger partial charge in [-0.25, -0.2) is 19.5 Å². The molecule has 4 aromatic heterocycles. The first-order valence-electron chi connectivity index (χ1n) is 9.66. The van der Waals surface area contributed by atoms with Crippen LogP contribution in [0.25, 0.3) is 22.5 Å². The molecule has 31 heavy (non-hydrogen) atoms. The first kappa shape index (κ1) is 19.2. The number of nitrogens with zero attached hydrogens (tertiary/aromatic N) is 7. The molecule has 0 amide bonds. The predicted octanol–water partition coefficient (Wildman–Crippen LogP) is 4.28. The lowest BCUT2D eigenvalue weighted by Crippen LogP contribution is -2.01. The monoisotopic (exact) mass is 431 g/mol. The smallest absolute Gasteiger partial charge is 0.192 e. The number of aromatic nitrogens is 6. The maximum absolute atomic E-state index is 6.11. The van der Waals surface area contributed by atoms with Gasteiger partial charge < -0.3 is 4.84 Å². The highest BCUT2D eigenvalue weighted by Crippen LogP contribution is 2.29. The number of pyridine rings is 1. The van der Waals surface area contributed by atoms with E-state index in [1.165, 1.54) is 0 Å². The van der Waals surface area contributed by atoms with E-state index < -0.39 is 0 Å². The molecule has 8 nitrogen and oxygen atoms in total. The molecule has 4 heterocycles. The topological polar surface area (TPSA) is 82.5 Å². The number of fused-ring (bicyclic) bond motifs is 3. The van der Waals surface area contributed by atoms with Gasteiger partial charge in [0.15, 0.2) is 23.7 Å². The number of benzene rings is 1. The fraction of sp³-hybridized carbons (Fsp3) is 0.136. The summed E-state index contributed by atoms with van der Waals surface area (Å²) in [6.07, 6.45) is 4.99. The van der Waals surface area contributed by atoms with Gasteiger partial charge in [0.25, 0.3) is 0 Å². The molecule has 0 aliphatic heterocycles. The SMILES string of the molecule is Cc1c(C)n(-c2ccccn2)c2ncn3nc(CO/N=C/c4ccccc4Cl)nc3c12. The maximum Gasteiger partial charge on any atom is 0.192 e. The van der Waals surface area contributed by atoms with Gasteiger partial charge in [-0.05, 0) is 37.6 Å². The molecule has 154 valence electrons. The number of oxime groups is 1. The van der Waals surface area contributed by atoms with Gasteiger partial charge in [-0.1, -0.05) is 41.0 Å². The average molecular weight is 432 g/mol. The second-order valence-corrected chi connectivity index (χ2v) is 7.41. The highest BCUT2D eigenvalue weighted by molar-refractivity contribution is 6.33. The lowest BCUT2D eigenvalue weighted by Gasteiger charge is -2.05. The van der Waals surface area contributed by atoms with Crippen LogP contribution in [-0.2, 0) is 11.4 Å². The molecular formula is C22H18ClN7O. The number of hydrogen-bond acceptors (Lipinski definition) is 6. The van der Waals surface area contributed by atoms with E-state index in [1.54, 1.807) is 29.3 Å². The Morgan fingerprint density at radius 1 is 1.06 bits per heavy atom. The minimum Gasteiger partial charge on any atom is -0.387 e. The largest absolute Gasteiger partial charge is 0.387 e. The van der Waals surface area contributed by atoms with E-state index in [4.69, 9.17) is 16.4 Å². The van der Waals surface area contributed by atoms with E-state index >= 15 is 0 Å². The summed E-state index contributed by atoms with van der Waals surface area (Å²) in [5.41, 5.74) is 4.42. The van der Waals surface area contributed by atoms with Crippen LogP contribution < -0.4 is 0 Å². The van der Waals surface area contributed by atoms with Crippen LogP contribution in [0.4, 0.5) is 0 Å². The first-order chi connectivity index (χ1) is 15.1. The zero-order chi connectivity index (χ0) is 21.4. The van der Waals surface area contributed by atoms with E-state index in [-0.39, 0.29) is 6.61 Å². The number of aryl methyl sites for hydroxylation is 1. The fourth-order valence-corrected chi connectivity index (χ4v) is 3.69. The molecule has 5 rings (SSSR count). The second kappa shape index (κ2) is 7.81. The van der Waals surface area contributed by atoms with Crippen LogP contribution in [0.1, 0.15) is 22.6 Å². The first-order valence-corrected chi connectivity index (χ1v) is 10.0. The number of rotatable bonds is 5. The third-order valence-corrected chi connectivity index (χ3v) is 5.46. The lowest BCUT2D eigenvalue weighted by molar-refractivity contribution is 0.126. The van der Waals surface area contributed by atoms with Crippen LogP contribution in [-0.4, -0.2) is 35.3 Å². The molecule has 0 fully saturated rings. The quantitative estimate of drug-likeness (QED) is 0.306. The molecule has 0 saturated heterocycles. The van der Waals surface area contributed by atoms with Gasteiger partial charge in [0.05, 0.1) is 11.6 Å². The molecule has 0 spiro atoms. The zero-order valence-corrected chi connectivity index (χ0v) is 17.7. The summed E-state index contributed by atoms with van der Waals surface area (Å²) < 4.78 is 3.69. The molecule has 1 aromatic carbocycles. The van der Waals surface area contributed by atoms with Gasteiger partial charge in [0.1, 0.15) is 12.1 Å². The van der Waals surface area contributed by atoms with E-state index in [1.807, 2.05) is 47.9 Å². The van der Waals surface area contributed by atoms with Crippen LogP contribution in [0.3, 0.4) is 0 Å². The van der Waals surface area contributed by atoms with Gasteiger partial charge in [0.2, 0.25) is 0 Å². The Hall–Kier alpha value is -3.78. The van der Waals surface area contributed by atoms with Crippen molar-refractivity contribution < 1.29 is 4.84 Å². The molecule has 0 saturated carbocycles. The predicted molar refractivity (Wildman–Crippen MR) is 119 cm³/mol. The van der Waals surface area contributed by atoms with E-state index in [9.17, 15) is 0 Å². The number of halogens is 1. The zero-order valence-electron chi connectivity index (χ0n) is 16.9. The Morgan fingerprint density at radius 2 is 1.90 bits per heavy atom. The van der Waals surface area contributed by atoms with Crippen molar-refractivity contribution in [2.75, 3.05) is 0 Å². The Balaban J connectivity index is 1.47. The van der Waals surface area contributed by atoms with Crippen molar-refractivity contribution in [3.05, 3.63) is 82.7 Å². The highest BCUT2D eigenvalue weighted by Gasteiger charge is 2.19. The minimum atomic E-state index is 0.128. The average Bonchev–Trinajstić information content (AvgIpc) is 3.31. The molecule has 0 bridgehead atoms. The van der Waals surface area contributed by atoms with E-state index in [0.717, 1.165) is 33.7 Å². The van der Waals surface area contributed by atoms with Gasteiger partial charge in [-0.15, -0.1) is 5.10 Å². The summed E-state index contributed by atoms with van der Waals surface area (Å²) >= 11 is 6.11. The summed E-state index contributed by atoms with van der Waals surface area (Å²) in [5.74, 6) is 1.32. The van der Waals surface area contributed by atoms with Crippen molar-refractivity contribution in [2.24, 2.45) is 5.16 Å². The van der Waals surface area contributed by atoms with Gasteiger partial charge in [0, 0.05) is 22.5 Å². The number of hydrogen-bond donors (Lipinski definition) is 0. The highest BCUT2D eigenvalue weighted by atomic mass is 35.5. The second-order valence-electron chi connectivity index (χ2n) is 7.00. The van der Waals surface area contributed by atoms with Gasteiger partial charge in [-0.3, -0.25) is 4.57 Å². The Kier molecular flexibility index (Phi) is 4.83. The molecule has 0 unspecified atom stereocenters.